The molecule has 246 valence electrons. The summed E-state index contributed by atoms with van der Waals surface area (Å²) in [5, 5.41) is 34.5. The fourth-order valence-electron chi connectivity index (χ4n) is 3.92. The molecule has 1 rings (SSSR count). The third kappa shape index (κ3) is 14.4. The van der Waals surface area contributed by atoms with Crippen LogP contribution in [-0.2, 0) is 30.4 Å². The quantitative estimate of drug-likeness (QED) is 0.0383. The van der Waals surface area contributed by atoms with Crippen LogP contribution in [0.25, 0.3) is 0 Å². The molecular weight excluding hydrogens is 594 g/mol. The number of aliphatic hydroxyl groups excluding tert-OH is 1. The van der Waals surface area contributed by atoms with Crippen LogP contribution in [0.5, 0.6) is 5.75 Å². The molecule has 4 unspecified atom stereocenters. The first kappa shape index (κ1) is 37.9. The van der Waals surface area contributed by atoms with Crippen LogP contribution in [0.1, 0.15) is 24.8 Å². The van der Waals surface area contributed by atoms with Gasteiger partial charge < -0.3 is 53.6 Å². The summed E-state index contributed by atoms with van der Waals surface area (Å²) in [5.74, 6) is -2.54. The largest absolute Gasteiger partial charge is 0.508 e. The minimum absolute atomic E-state index is 0.104. The molecule has 17 heteroatoms. The van der Waals surface area contributed by atoms with Crippen LogP contribution in [0.15, 0.2) is 29.3 Å². The average Bonchev–Trinajstić information content (AvgIpc) is 3.00. The number of aliphatic hydroxyl groups is 1. The Kier molecular flexibility index (Phi) is 17.9. The lowest BCUT2D eigenvalue weighted by atomic mass is 10.0. The first-order valence-corrected chi connectivity index (χ1v) is 15.3. The second-order valence-corrected chi connectivity index (χ2v) is 10.7. The van der Waals surface area contributed by atoms with Gasteiger partial charge in [-0.2, -0.15) is 11.8 Å². The predicted molar refractivity (Wildman–Crippen MR) is 168 cm³/mol. The minimum Gasteiger partial charge on any atom is -0.508 e. The van der Waals surface area contributed by atoms with Gasteiger partial charge in [-0.3, -0.25) is 29.0 Å². The smallest absolute Gasteiger partial charge is 0.245 e. The molecule has 0 spiro atoms. The highest BCUT2D eigenvalue weighted by Crippen LogP contribution is 2.12. The molecular formula is C27H45N9O7S. The molecule has 0 aliphatic carbocycles. The molecule has 1 aromatic rings. The van der Waals surface area contributed by atoms with E-state index in [0.717, 1.165) is 5.56 Å². The Labute approximate surface area is 260 Å². The molecule has 0 aliphatic rings. The standard InChI is InChI=1S/C27H45N9O7S/c1-30-20(13-16-6-8-17(38)9-7-16)25(42)36-19(10-12-44-3)24(41)33-14-22(39)34-21(15-37)26(43)35-18(23(40)31-2)5-4-11-32-27(28)29/h6-9,18-21,30,37-38H,4-5,10-15H2,1-3H3,(H,31,40)(H,33,41)(H,34,39)(H,35,43)(H,36,42)(H4,28,29,32). The van der Waals surface area contributed by atoms with Gasteiger partial charge in [0.05, 0.1) is 19.2 Å². The zero-order chi connectivity index (χ0) is 33.1. The maximum atomic E-state index is 13.0. The van der Waals surface area contributed by atoms with Crippen molar-refractivity contribution in [3.05, 3.63) is 29.8 Å². The van der Waals surface area contributed by atoms with Gasteiger partial charge in [0.15, 0.2) is 5.96 Å². The lowest BCUT2D eigenvalue weighted by Gasteiger charge is -2.23. The normalized spacial score (nSPS) is 13.4. The Morgan fingerprint density at radius 1 is 0.864 bits per heavy atom. The number of hydrogen-bond acceptors (Lipinski definition) is 10. The van der Waals surface area contributed by atoms with E-state index in [9.17, 15) is 34.2 Å². The summed E-state index contributed by atoms with van der Waals surface area (Å²) < 4.78 is 0. The summed E-state index contributed by atoms with van der Waals surface area (Å²) in [7, 11) is 3.01. The number of nitrogens with one attached hydrogen (secondary N) is 6. The number of carbonyl (C=O) groups excluding carboxylic acids is 5. The van der Waals surface area contributed by atoms with Gasteiger partial charge in [-0.25, -0.2) is 0 Å². The van der Waals surface area contributed by atoms with E-state index in [2.05, 4.69) is 36.9 Å². The third-order valence-electron chi connectivity index (χ3n) is 6.37. The molecule has 5 amide bonds. The van der Waals surface area contributed by atoms with Crippen molar-refractivity contribution in [2.75, 3.05) is 45.8 Å². The van der Waals surface area contributed by atoms with E-state index in [-0.39, 0.29) is 24.7 Å². The summed E-state index contributed by atoms with van der Waals surface area (Å²) >= 11 is 1.48. The van der Waals surface area contributed by atoms with Crippen molar-refractivity contribution in [3.63, 3.8) is 0 Å². The number of guanidine groups is 1. The highest BCUT2D eigenvalue weighted by Gasteiger charge is 2.28. The van der Waals surface area contributed by atoms with Gasteiger partial charge in [-0.1, -0.05) is 12.1 Å². The third-order valence-corrected chi connectivity index (χ3v) is 7.01. The number of phenolic OH excluding ortho intramolecular Hbond substituents is 1. The van der Waals surface area contributed by atoms with Crippen molar-refractivity contribution in [2.24, 2.45) is 16.5 Å². The zero-order valence-corrected chi connectivity index (χ0v) is 26.0. The van der Waals surface area contributed by atoms with Crippen LogP contribution in [0.2, 0.25) is 0 Å². The number of benzene rings is 1. The number of nitrogens with zero attached hydrogens (tertiary/aromatic N) is 1. The molecule has 12 N–H and O–H groups in total. The second kappa shape index (κ2) is 20.8. The van der Waals surface area contributed by atoms with E-state index in [1.54, 1.807) is 19.2 Å². The Balaban J connectivity index is 2.75. The van der Waals surface area contributed by atoms with Gasteiger partial charge >= 0.3 is 0 Å². The maximum Gasteiger partial charge on any atom is 0.245 e. The van der Waals surface area contributed by atoms with Gasteiger partial charge in [0.1, 0.15) is 23.9 Å². The number of carbonyl (C=O) groups is 5. The van der Waals surface area contributed by atoms with Crippen LogP contribution in [-0.4, -0.2) is 116 Å². The van der Waals surface area contributed by atoms with Crippen LogP contribution in [0, 0.1) is 0 Å². The van der Waals surface area contributed by atoms with Gasteiger partial charge in [0.25, 0.3) is 0 Å². The number of thioether (sulfide) groups is 1. The summed E-state index contributed by atoms with van der Waals surface area (Å²) in [5.41, 5.74) is 11.4. The fourth-order valence-corrected chi connectivity index (χ4v) is 4.39. The number of phenols is 1. The van der Waals surface area contributed by atoms with Crippen molar-refractivity contribution in [1.29, 1.82) is 0 Å². The van der Waals surface area contributed by atoms with Crippen molar-refractivity contribution in [1.82, 2.24) is 31.9 Å². The van der Waals surface area contributed by atoms with E-state index in [1.165, 1.54) is 30.9 Å². The molecule has 0 heterocycles. The Hall–Kier alpha value is -4.09. The van der Waals surface area contributed by atoms with E-state index < -0.39 is 66.9 Å². The summed E-state index contributed by atoms with van der Waals surface area (Å²) in [6.07, 6.45) is 3.02. The van der Waals surface area contributed by atoms with Crippen molar-refractivity contribution >= 4 is 47.3 Å². The monoisotopic (exact) mass is 639 g/mol. The number of hydrogen-bond donors (Lipinski definition) is 10. The number of aliphatic imine (C=N–C) groups is 1. The van der Waals surface area contributed by atoms with Crippen LogP contribution < -0.4 is 43.4 Å². The lowest BCUT2D eigenvalue weighted by Crippen LogP contribution is -2.57. The SMILES string of the molecule is CNC(=O)C(CCCN=C(N)N)NC(=O)C(CO)NC(=O)CNC(=O)C(CCSC)NC(=O)C(Cc1ccc(O)cc1)NC. The summed E-state index contributed by atoms with van der Waals surface area (Å²) in [6.45, 7) is -1.06. The number of amides is 5. The predicted octanol–water partition coefficient (Wildman–Crippen LogP) is -3.36. The van der Waals surface area contributed by atoms with E-state index in [1.807, 2.05) is 6.26 Å². The fraction of sp³-hybridized carbons (Fsp3) is 0.556. The number of rotatable bonds is 20. The summed E-state index contributed by atoms with van der Waals surface area (Å²) in [6, 6.07) is 2.44. The van der Waals surface area contributed by atoms with E-state index in [0.29, 0.717) is 25.0 Å². The van der Waals surface area contributed by atoms with Gasteiger partial charge in [-0.05, 0) is 62.4 Å². The van der Waals surface area contributed by atoms with Gasteiger partial charge in [0.2, 0.25) is 29.5 Å². The zero-order valence-electron chi connectivity index (χ0n) is 25.2. The van der Waals surface area contributed by atoms with Gasteiger partial charge in [0, 0.05) is 13.6 Å². The number of likely N-dealkylation sites (N-methyl/N-ethyl adjacent to an activating group) is 2. The Morgan fingerprint density at radius 2 is 1.48 bits per heavy atom. The van der Waals surface area contributed by atoms with Crippen LogP contribution in [0.4, 0.5) is 0 Å². The molecule has 0 saturated carbocycles. The molecule has 0 aromatic heterocycles. The highest BCUT2D eigenvalue weighted by molar-refractivity contribution is 7.98. The van der Waals surface area contributed by atoms with Crippen LogP contribution in [0.3, 0.4) is 0 Å². The molecule has 0 saturated heterocycles. The highest BCUT2D eigenvalue weighted by atomic mass is 32.2. The molecule has 16 nitrogen and oxygen atoms in total. The van der Waals surface area contributed by atoms with Gasteiger partial charge in [-0.15, -0.1) is 0 Å². The molecule has 0 aliphatic heterocycles. The van der Waals surface area contributed by atoms with Crippen LogP contribution >= 0.6 is 11.8 Å². The maximum absolute atomic E-state index is 13.0. The second-order valence-electron chi connectivity index (χ2n) is 9.70. The first-order valence-electron chi connectivity index (χ1n) is 13.9. The Morgan fingerprint density at radius 3 is 2.02 bits per heavy atom. The topological polar surface area (TPSA) is 262 Å². The molecule has 0 bridgehead atoms. The Bertz CT molecular complexity index is 1120. The van der Waals surface area contributed by atoms with Crippen molar-refractivity contribution in [3.8, 4) is 5.75 Å². The molecule has 1 aromatic carbocycles. The van der Waals surface area contributed by atoms with Crippen molar-refractivity contribution < 1.29 is 34.2 Å². The molecule has 0 radical (unpaired) electrons. The van der Waals surface area contributed by atoms with Crippen molar-refractivity contribution in [2.45, 2.75) is 49.9 Å². The number of nitrogens with two attached hydrogens (primary N) is 2. The summed E-state index contributed by atoms with van der Waals surface area (Å²) in [4.78, 5) is 67.2. The average molecular weight is 640 g/mol. The molecule has 4 atom stereocenters. The molecule has 0 fully saturated rings. The number of aromatic hydroxyl groups is 1. The van der Waals surface area contributed by atoms with E-state index >= 15 is 0 Å². The minimum atomic E-state index is -1.40. The first-order chi connectivity index (χ1) is 20.9. The lowest BCUT2D eigenvalue weighted by molar-refractivity contribution is -0.133. The molecule has 44 heavy (non-hydrogen) atoms. The van der Waals surface area contributed by atoms with E-state index in [4.69, 9.17) is 11.5 Å².